The number of hydrogen-bond donors (Lipinski definition) is 1. The molecule has 1 N–H and O–H groups in total. The molecule has 18 heavy (non-hydrogen) atoms. The zero-order chi connectivity index (χ0) is 13.9. The topological polar surface area (TPSA) is 20.2 Å². The van der Waals surface area contributed by atoms with Crippen LogP contribution in [0.4, 0.5) is 17.6 Å². The molecule has 1 unspecified atom stereocenters. The van der Waals surface area contributed by atoms with E-state index in [1.807, 2.05) is 13.8 Å². The Kier molecular flexibility index (Phi) is 5.04. The molecule has 1 aromatic carbocycles. The number of aliphatic hydroxyl groups excluding tert-OH is 1. The van der Waals surface area contributed by atoms with Gasteiger partial charge >= 0.3 is 6.18 Å². The molecule has 0 radical (unpaired) electrons. The van der Waals surface area contributed by atoms with Gasteiger partial charge in [-0.1, -0.05) is 19.9 Å². The Labute approximate surface area is 107 Å². The molecular weight excluding hydrogens is 268 g/mol. The first-order chi connectivity index (χ1) is 8.21. The molecule has 0 heterocycles. The van der Waals surface area contributed by atoms with Gasteiger partial charge in [-0.05, 0) is 22.9 Å². The van der Waals surface area contributed by atoms with Gasteiger partial charge in [0.05, 0.1) is 11.7 Å². The van der Waals surface area contributed by atoms with Crippen LogP contribution < -0.4 is 0 Å². The van der Waals surface area contributed by atoms with Crippen molar-refractivity contribution < 1.29 is 22.7 Å². The van der Waals surface area contributed by atoms with Crippen molar-refractivity contribution in [3.05, 3.63) is 35.1 Å². The lowest BCUT2D eigenvalue weighted by Gasteiger charge is -2.15. The van der Waals surface area contributed by atoms with Gasteiger partial charge < -0.3 is 5.11 Å². The highest BCUT2D eigenvalue weighted by Gasteiger charge is 2.34. The fourth-order valence-corrected chi connectivity index (χ4v) is 2.11. The molecule has 0 amide bonds. The van der Waals surface area contributed by atoms with Crippen molar-refractivity contribution in [3.63, 3.8) is 0 Å². The Morgan fingerprint density at radius 3 is 2.39 bits per heavy atom. The average molecular weight is 282 g/mol. The first-order valence-corrected chi connectivity index (χ1v) is 6.43. The van der Waals surface area contributed by atoms with Crippen molar-refractivity contribution in [3.8, 4) is 0 Å². The molecule has 0 spiro atoms. The van der Waals surface area contributed by atoms with Crippen LogP contribution in [0.1, 0.15) is 31.1 Å². The molecular formula is C12H14F4OS. The van der Waals surface area contributed by atoms with Crippen molar-refractivity contribution in [2.24, 2.45) is 0 Å². The van der Waals surface area contributed by atoms with E-state index in [1.54, 1.807) is 0 Å². The Bertz CT molecular complexity index is 404. The first kappa shape index (κ1) is 15.3. The Balaban J connectivity index is 2.91. The zero-order valence-electron chi connectivity index (χ0n) is 9.96. The van der Waals surface area contributed by atoms with Gasteiger partial charge in [0.2, 0.25) is 0 Å². The van der Waals surface area contributed by atoms with Gasteiger partial charge in [0.25, 0.3) is 0 Å². The van der Waals surface area contributed by atoms with Crippen LogP contribution in [-0.4, -0.2) is 16.1 Å². The average Bonchev–Trinajstić information content (AvgIpc) is 2.24. The lowest BCUT2D eigenvalue weighted by molar-refractivity contribution is -0.140. The van der Waals surface area contributed by atoms with Gasteiger partial charge in [-0.15, -0.1) is 0 Å². The lowest BCUT2D eigenvalue weighted by Crippen LogP contribution is -2.11. The molecule has 0 saturated heterocycles. The summed E-state index contributed by atoms with van der Waals surface area (Å²) in [6.45, 7) is 3.84. The maximum Gasteiger partial charge on any atom is 0.419 e. The number of aliphatic hydroxyl groups is 1. The van der Waals surface area contributed by atoms with E-state index in [-0.39, 0.29) is 16.6 Å². The minimum absolute atomic E-state index is 0.0804. The van der Waals surface area contributed by atoms with E-state index >= 15 is 0 Å². The molecule has 0 aliphatic carbocycles. The van der Waals surface area contributed by atoms with Gasteiger partial charge in [0.15, 0.2) is 0 Å². The van der Waals surface area contributed by atoms with Crippen molar-refractivity contribution in [2.45, 2.75) is 31.4 Å². The summed E-state index contributed by atoms with van der Waals surface area (Å²) in [7, 11) is 0. The van der Waals surface area contributed by atoms with Crippen molar-refractivity contribution in [1.82, 2.24) is 0 Å². The van der Waals surface area contributed by atoms with E-state index in [4.69, 9.17) is 0 Å². The highest BCUT2D eigenvalue weighted by molar-refractivity contribution is 7.99. The molecule has 102 valence electrons. The van der Waals surface area contributed by atoms with Gasteiger partial charge in [0, 0.05) is 5.75 Å². The summed E-state index contributed by atoms with van der Waals surface area (Å²) in [6.07, 6.45) is -5.77. The zero-order valence-corrected chi connectivity index (χ0v) is 10.8. The molecule has 1 rings (SSSR count). The number of benzene rings is 1. The highest BCUT2D eigenvalue weighted by Crippen LogP contribution is 2.33. The maximum absolute atomic E-state index is 13.0. The van der Waals surface area contributed by atoms with Crippen LogP contribution in [-0.2, 0) is 6.18 Å². The van der Waals surface area contributed by atoms with E-state index in [0.29, 0.717) is 6.07 Å². The van der Waals surface area contributed by atoms with E-state index in [1.165, 1.54) is 17.8 Å². The molecule has 1 atom stereocenters. The van der Waals surface area contributed by atoms with E-state index in [0.717, 1.165) is 6.07 Å². The highest BCUT2D eigenvalue weighted by atomic mass is 32.2. The molecule has 0 fully saturated rings. The van der Waals surface area contributed by atoms with E-state index < -0.39 is 23.7 Å². The summed E-state index contributed by atoms with van der Waals surface area (Å²) in [5, 5.41) is 10.0. The Morgan fingerprint density at radius 1 is 1.28 bits per heavy atom. The molecule has 0 saturated carbocycles. The molecule has 0 aliphatic rings. The second-order valence-electron chi connectivity index (χ2n) is 4.13. The third-order valence-corrected chi connectivity index (χ3v) is 3.44. The number of alkyl halides is 3. The first-order valence-electron chi connectivity index (χ1n) is 5.38. The van der Waals surface area contributed by atoms with Crippen LogP contribution in [0.25, 0.3) is 0 Å². The van der Waals surface area contributed by atoms with Gasteiger partial charge in [-0.2, -0.15) is 24.9 Å². The molecule has 6 heteroatoms. The van der Waals surface area contributed by atoms with Crippen LogP contribution in [0, 0.1) is 5.82 Å². The predicted molar refractivity (Wildman–Crippen MR) is 64.0 cm³/mol. The van der Waals surface area contributed by atoms with Gasteiger partial charge in [0.1, 0.15) is 5.82 Å². The fraction of sp³-hybridized carbons (Fsp3) is 0.500. The summed E-state index contributed by atoms with van der Waals surface area (Å²) in [5.74, 6) is -1.05. The summed E-state index contributed by atoms with van der Waals surface area (Å²) < 4.78 is 50.5. The minimum atomic E-state index is -4.75. The quantitative estimate of drug-likeness (QED) is 0.842. The monoisotopic (exact) mass is 282 g/mol. The van der Waals surface area contributed by atoms with Crippen LogP contribution in [0.3, 0.4) is 0 Å². The predicted octanol–water partition coefficient (Wildman–Crippen LogP) is 4.02. The van der Waals surface area contributed by atoms with Crippen LogP contribution in [0.5, 0.6) is 0 Å². The number of halogens is 4. The summed E-state index contributed by atoms with van der Waals surface area (Å²) >= 11 is 1.43. The molecule has 0 aliphatic heterocycles. The maximum atomic E-state index is 13.0. The standard InChI is InChI=1S/C12H14F4OS/c1-7(2)18-6-11(17)8-3-4-10(13)9(5-8)12(14,15)16/h3-5,7,11,17H,6H2,1-2H3. The molecule has 1 nitrogen and oxygen atoms in total. The van der Waals surface area contributed by atoms with E-state index in [9.17, 15) is 22.7 Å². The van der Waals surface area contributed by atoms with Gasteiger partial charge in [-0.25, -0.2) is 4.39 Å². The lowest BCUT2D eigenvalue weighted by atomic mass is 10.1. The minimum Gasteiger partial charge on any atom is -0.388 e. The summed E-state index contributed by atoms with van der Waals surface area (Å²) in [4.78, 5) is 0. The summed E-state index contributed by atoms with van der Waals surface area (Å²) in [5.41, 5.74) is -1.26. The third kappa shape index (κ3) is 4.17. The van der Waals surface area contributed by atoms with Crippen LogP contribution in [0.2, 0.25) is 0 Å². The number of hydrogen-bond acceptors (Lipinski definition) is 2. The van der Waals surface area contributed by atoms with Crippen molar-refractivity contribution in [2.75, 3.05) is 5.75 Å². The molecule has 0 aromatic heterocycles. The van der Waals surface area contributed by atoms with Crippen LogP contribution in [0.15, 0.2) is 18.2 Å². The Hall–Kier alpha value is -0.750. The van der Waals surface area contributed by atoms with Crippen LogP contribution >= 0.6 is 11.8 Å². The Morgan fingerprint density at radius 2 is 1.89 bits per heavy atom. The second-order valence-corrected chi connectivity index (χ2v) is 5.74. The third-order valence-electron chi connectivity index (χ3n) is 2.27. The SMILES string of the molecule is CC(C)SCC(O)c1ccc(F)c(C(F)(F)F)c1. The van der Waals surface area contributed by atoms with Gasteiger partial charge in [-0.3, -0.25) is 0 Å². The van der Waals surface area contributed by atoms with E-state index in [2.05, 4.69) is 0 Å². The number of rotatable bonds is 4. The fourth-order valence-electron chi connectivity index (χ4n) is 1.35. The largest absolute Gasteiger partial charge is 0.419 e. The second kappa shape index (κ2) is 5.93. The molecule has 0 bridgehead atoms. The normalized spacial score (nSPS) is 14.0. The smallest absolute Gasteiger partial charge is 0.388 e. The van der Waals surface area contributed by atoms with Crippen molar-refractivity contribution >= 4 is 11.8 Å². The molecule has 1 aromatic rings. The van der Waals surface area contributed by atoms with Crippen molar-refractivity contribution in [1.29, 1.82) is 0 Å². The summed E-state index contributed by atoms with van der Waals surface area (Å²) in [6, 6.07) is 2.58. The number of thioether (sulfide) groups is 1.